The Kier molecular flexibility index (Phi) is 9.44. The monoisotopic (exact) mass is 488 g/mol. The number of nitrogens with zero attached hydrogens (tertiary/aromatic N) is 3. The van der Waals surface area contributed by atoms with E-state index in [9.17, 15) is 9.59 Å². The molecule has 3 atom stereocenters. The van der Waals surface area contributed by atoms with Gasteiger partial charge in [-0.3, -0.25) is 14.5 Å². The van der Waals surface area contributed by atoms with Gasteiger partial charge in [0.25, 0.3) is 5.91 Å². The molecule has 186 valence electrons. The van der Waals surface area contributed by atoms with E-state index >= 15 is 0 Å². The minimum Gasteiger partial charge on any atom is -0.491 e. The van der Waals surface area contributed by atoms with E-state index in [1.807, 2.05) is 18.5 Å². The zero-order valence-electron chi connectivity index (χ0n) is 20.7. The molecule has 1 aromatic carbocycles. The highest BCUT2D eigenvalue weighted by atomic mass is 32.1. The first kappa shape index (κ1) is 26.1. The normalized spacial score (nSPS) is 22.3. The van der Waals surface area contributed by atoms with Crippen LogP contribution in [0.5, 0.6) is 5.75 Å². The van der Waals surface area contributed by atoms with Gasteiger partial charge >= 0.3 is 0 Å². The number of likely N-dealkylation sites (N-methyl/N-ethyl adjacent to an activating group) is 1. The zero-order valence-corrected chi connectivity index (χ0v) is 21.6. The van der Waals surface area contributed by atoms with Crippen LogP contribution in [0.1, 0.15) is 49.0 Å². The lowest BCUT2D eigenvalue weighted by Gasteiger charge is -2.35. The summed E-state index contributed by atoms with van der Waals surface area (Å²) < 4.78 is 12.0. The summed E-state index contributed by atoms with van der Waals surface area (Å²) in [6.45, 7) is 8.61. The van der Waals surface area contributed by atoms with Crippen molar-refractivity contribution in [1.82, 2.24) is 14.8 Å². The number of hydrogen-bond donors (Lipinski definition) is 1. The first-order valence-corrected chi connectivity index (χ1v) is 12.7. The molecule has 0 bridgehead atoms. The van der Waals surface area contributed by atoms with Gasteiger partial charge in [-0.1, -0.05) is 13.8 Å². The predicted octanol–water partition coefficient (Wildman–Crippen LogP) is 3.89. The van der Waals surface area contributed by atoms with Gasteiger partial charge in [0, 0.05) is 57.0 Å². The molecule has 0 radical (unpaired) electrons. The van der Waals surface area contributed by atoms with Crippen LogP contribution in [0.15, 0.2) is 29.8 Å². The number of aromatic nitrogens is 1. The van der Waals surface area contributed by atoms with Crippen molar-refractivity contribution < 1.29 is 19.1 Å². The number of rotatable bonds is 6. The van der Waals surface area contributed by atoms with Gasteiger partial charge in [-0.05, 0) is 37.5 Å². The molecule has 1 N–H and O–H groups in total. The lowest BCUT2D eigenvalue weighted by atomic mass is 10.0. The highest BCUT2D eigenvalue weighted by Gasteiger charge is 2.28. The SMILES string of the molecule is CCCC(=O)Nc1ccc2c(c1)C(=O)N(C)C[C@H](OC)[C@H](C)CN(Cc1nccs1)[C@@H](C)CO2. The van der Waals surface area contributed by atoms with Crippen LogP contribution in [0.25, 0.3) is 0 Å². The fraction of sp³-hybridized carbons (Fsp3) is 0.560. The molecular weight excluding hydrogens is 452 g/mol. The van der Waals surface area contributed by atoms with Crippen molar-refractivity contribution in [3.63, 3.8) is 0 Å². The number of amides is 2. The number of thiazole rings is 1. The summed E-state index contributed by atoms with van der Waals surface area (Å²) >= 11 is 1.64. The quantitative estimate of drug-likeness (QED) is 0.664. The lowest BCUT2D eigenvalue weighted by Crippen LogP contribution is -2.46. The number of hydrogen-bond acceptors (Lipinski definition) is 7. The molecule has 0 aliphatic carbocycles. The number of nitrogens with one attached hydrogen (secondary N) is 1. The Morgan fingerprint density at radius 1 is 1.32 bits per heavy atom. The summed E-state index contributed by atoms with van der Waals surface area (Å²) in [5, 5.41) is 5.92. The van der Waals surface area contributed by atoms with Crippen molar-refractivity contribution in [3.8, 4) is 5.75 Å². The molecule has 0 fully saturated rings. The minimum absolute atomic E-state index is 0.0722. The number of fused-ring (bicyclic) bond motifs is 1. The third-order valence-electron chi connectivity index (χ3n) is 6.16. The third-order valence-corrected chi connectivity index (χ3v) is 6.92. The molecule has 0 saturated carbocycles. The number of ether oxygens (including phenoxy) is 2. The van der Waals surface area contributed by atoms with Gasteiger partial charge in [-0.2, -0.15) is 0 Å². The number of benzene rings is 1. The molecule has 1 aromatic heterocycles. The van der Waals surface area contributed by atoms with E-state index in [4.69, 9.17) is 9.47 Å². The molecule has 2 aromatic rings. The van der Waals surface area contributed by atoms with Crippen LogP contribution in [0, 0.1) is 5.92 Å². The number of methoxy groups -OCH3 is 1. The second kappa shape index (κ2) is 12.3. The molecule has 2 amide bonds. The molecule has 9 heteroatoms. The Labute approximate surface area is 206 Å². The number of anilines is 1. The average molecular weight is 489 g/mol. The number of carbonyl (C=O) groups excluding carboxylic acids is 2. The summed E-state index contributed by atoms with van der Waals surface area (Å²) in [4.78, 5) is 34.0. The van der Waals surface area contributed by atoms with E-state index in [1.165, 1.54) is 0 Å². The summed E-state index contributed by atoms with van der Waals surface area (Å²) in [6.07, 6.45) is 2.89. The van der Waals surface area contributed by atoms with Crippen molar-refractivity contribution in [2.45, 2.75) is 52.3 Å². The third kappa shape index (κ3) is 6.77. The van der Waals surface area contributed by atoms with Crippen molar-refractivity contribution in [2.75, 3.05) is 39.2 Å². The van der Waals surface area contributed by atoms with E-state index in [-0.39, 0.29) is 29.9 Å². The van der Waals surface area contributed by atoms with Gasteiger partial charge in [0.15, 0.2) is 0 Å². The second-order valence-corrected chi connectivity index (χ2v) is 9.94. The highest BCUT2D eigenvalue weighted by Crippen LogP contribution is 2.27. The second-order valence-electron chi connectivity index (χ2n) is 8.96. The van der Waals surface area contributed by atoms with E-state index in [2.05, 4.69) is 29.0 Å². The van der Waals surface area contributed by atoms with Crippen LogP contribution in [0.2, 0.25) is 0 Å². The van der Waals surface area contributed by atoms with Crippen LogP contribution >= 0.6 is 11.3 Å². The fourth-order valence-electron chi connectivity index (χ4n) is 4.10. The highest BCUT2D eigenvalue weighted by molar-refractivity contribution is 7.09. The van der Waals surface area contributed by atoms with Gasteiger partial charge in [0.1, 0.15) is 17.4 Å². The molecule has 0 saturated heterocycles. The Morgan fingerprint density at radius 2 is 2.12 bits per heavy atom. The van der Waals surface area contributed by atoms with Crippen LogP contribution in [-0.2, 0) is 16.1 Å². The molecule has 1 aliphatic heterocycles. The summed E-state index contributed by atoms with van der Waals surface area (Å²) in [6, 6.07) is 5.34. The maximum absolute atomic E-state index is 13.4. The minimum atomic E-state index is -0.163. The molecule has 2 heterocycles. The van der Waals surface area contributed by atoms with Crippen LogP contribution in [0.4, 0.5) is 5.69 Å². The first-order valence-electron chi connectivity index (χ1n) is 11.8. The van der Waals surface area contributed by atoms with Gasteiger partial charge in [0.05, 0.1) is 18.2 Å². The maximum atomic E-state index is 13.4. The lowest BCUT2D eigenvalue weighted by molar-refractivity contribution is -0.116. The molecule has 0 spiro atoms. The van der Waals surface area contributed by atoms with E-state index in [0.717, 1.165) is 24.5 Å². The fourth-order valence-corrected chi connectivity index (χ4v) is 4.75. The first-order chi connectivity index (χ1) is 16.3. The van der Waals surface area contributed by atoms with Gasteiger partial charge in [-0.25, -0.2) is 4.98 Å². The Hall–Kier alpha value is -2.49. The largest absolute Gasteiger partial charge is 0.491 e. The summed E-state index contributed by atoms with van der Waals surface area (Å²) in [7, 11) is 3.47. The molecular formula is C25H36N4O4S. The average Bonchev–Trinajstić information content (AvgIpc) is 3.33. The topological polar surface area (TPSA) is 84.0 Å². The zero-order chi connectivity index (χ0) is 24.7. The summed E-state index contributed by atoms with van der Waals surface area (Å²) in [5.74, 6) is 0.455. The molecule has 1 aliphatic rings. The Balaban J connectivity index is 1.91. The van der Waals surface area contributed by atoms with Crippen molar-refractivity contribution in [2.24, 2.45) is 5.92 Å². The van der Waals surface area contributed by atoms with E-state index in [1.54, 1.807) is 48.6 Å². The van der Waals surface area contributed by atoms with Crippen molar-refractivity contribution in [3.05, 3.63) is 40.3 Å². The summed E-state index contributed by atoms with van der Waals surface area (Å²) in [5.41, 5.74) is 1.02. The van der Waals surface area contributed by atoms with Crippen molar-refractivity contribution >= 4 is 28.8 Å². The smallest absolute Gasteiger partial charge is 0.257 e. The number of carbonyl (C=O) groups is 2. The van der Waals surface area contributed by atoms with Crippen LogP contribution in [0.3, 0.4) is 0 Å². The Morgan fingerprint density at radius 3 is 2.79 bits per heavy atom. The molecule has 3 rings (SSSR count). The Bertz CT molecular complexity index is 952. The van der Waals surface area contributed by atoms with Crippen molar-refractivity contribution in [1.29, 1.82) is 0 Å². The van der Waals surface area contributed by atoms with E-state index in [0.29, 0.717) is 36.6 Å². The molecule has 34 heavy (non-hydrogen) atoms. The van der Waals surface area contributed by atoms with Gasteiger partial charge < -0.3 is 19.7 Å². The standard InChI is InChI=1S/C25H36N4O4S/c1-6-7-23(30)27-19-8-9-21-20(12-19)25(31)28(4)14-22(32-5)17(2)13-29(18(3)16-33-21)15-24-26-10-11-34-24/h8-12,17-18,22H,6-7,13-16H2,1-5H3,(H,27,30)/t17-,18+,22+/m1/s1. The molecule has 0 unspecified atom stereocenters. The maximum Gasteiger partial charge on any atom is 0.257 e. The predicted molar refractivity (Wildman–Crippen MR) is 134 cm³/mol. The van der Waals surface area contributed by atoms with Gasteiger partial charge in [0.2, 0.25) is 5.91 Å². The molecule has 8 nitrogen and oxygen atoms in total. The van der Waals surface area contributed by atoms with Crippen LogP contribution < -0.4 is 10.1 Å². The van der Waals surface area contributed by atoms with Gasteiger partial charge in [-0.15, -0.1) is 11.3 Å². The van der Waals surface area contributed by atoms with E-state index < -0.39 is 0 Å². The van der Waals surface area contributed by atoms with Crippen LogP contribution in [-0.4, -0.2) is 72.6 Å².